The molecule has 2 N–H and O–H groups in total. The van der Waals surface area contributed by atoms with E-state index in [1.54, 1.807) is 7.11 Å². The Hall–Kier alpha value is -0.120. The van der Waals surface area contributed by atoms with E-state index >= 15 is 0 Å². The van der Waals surface area contributed by atoms with Gasteiger partial charge in [-0.15, -0.1) is 0 Å². The molecule has 0 aromatic carbocycles. The molecule has 1 rings (SSSR count). The van der Waals surface area contributed by atoms with Gasteiger partial charge in [-0.1, -0.05) is 0 Å². The minimum absolute atomic E-state index is 0.0649. The van der Waals surface area contributed by atoms with E-state index in [1.165, 1.54) is 12.8 Å². The normalized spacial score (nSPS) is 19.2. The van der Waals surface area contributed by atoms with Crippen LogP contribution in [0.15, 0.2) is 0 Å². The Labute approximate surface area is 93.3 Å². The van der Waals surface area contributed by atoms with Crippen LogP contribution in [-0.4, -0.2) is 32.5 Å². The third-order valence-electron chi connectivity index (χ3n) is 3.44. The fraction of sp³-hybridized carbons (Fsp3) is 1.00. The molecule has 90 valence electrons. The van der Waals surface area contributed by atoms with Crippen molar-refractivity contribution >= 4 is 0 Å². The van der Waals surface area contributed by atoms with Crippen LogP contribution in [0.4, 0.5) is 0 Å². The minimum Gasteiger partial charge on any atom is -0.381 e. The topological polar surface area (TPSA) is 44.5 Å². The Bertz CT molecular complexity index is 188. The van der Waals surface area contributed by atoms with E-state index in [4.69, 9.17) is 15.2 Å². The maximum Gasteiger partial charge on any atom is 0.0644 e. The Morgan fingerprint density at radius 3 is 2.47 bits per heavy atom. The first-order valence-electron chi connectivity index (χ1n) is 5.87. The molecule has 0 saturated heterocycles. The van der Waals surface area contributed by atoms with Gasteiger partial charge in [0.05, 0.1) is 12.2 Å². The second kappa shape index (κ2) is 5.28. The molecule has 0 atom stereocenters. The minimum atomic E-state index is -0.0649. The Kier molecular flexibility index (Phi) is 4.56. The van der Waals surface area contributed by atoms with Crippen molar-refractivity contribution in [1.82, 2.24) is 0 Å². The van der Waals surface area contributed by atoms with Crippen LogP contribution in [-0.2, 0) is 9.47 Å². The molecule has 1 saturated carbocycles. The standard InChI is InChI=1S/C12H25NO2/c1-11(2,14-3)7-9-15-10-12(4-5-12)6-8-13/h4-10,13H2,1-3H3. The number of methoxy groups -OCH3 is 1. The number of rotatable bonds is 8. The van der Waals surface area contributed by atoms with E-state index in [0.717, 1.165) is 32.6 Å². The predicted octanol–water partition coefficient (Wildman–Crippen LogP) is 1.95. The first-order valence-corrected chi connectivity index (χ1v) is 5.87. The van der Waals surface area contributed by atoms with Crippen LogP contribution in [0.1, 0.15) is 39.5 Å². The van der Waals surface area contributed by atoms with Crippen molar-refractivity contribution in [1.29, 1.82) is 0 Å². The maximum absolute atomic E-state index is 5.72. The van der Waals surface area contributed by atoms with Gasteiger partial charge in [-0.3, -0.25) is 0 Å². The average Bonchev–Trinajstić information content (AvgIpc) is 2.94. The lowest BCUT2D eigenvalue weighted by Crippen LogP contribution is -2.25. The maximum atomic E-state index is 5.72. The summed E-state index contributed by atoms with van der Waals surface area (Å²) in [6.07, 6.45) is 4.64. The lowest BCUT2D eigenvalue weighted by atomic mass is 10.0. The molecule has 1 aliphatic carbocycles. The fourth-order valence-corrected chi connectivity index (χ4v) is 1.66. The van der Waals surface area contributed by atoms with Gasteiger partial charge in [-0.05, 0) is 51.5 Å². The summed E-state index contributed by atoms with van der Waals surface area (Å²) in [5.41, 5.74) is 5.95. The van der Waals surface area contributed by atoms with Crippen molar-refractivity contribution in [2.75, 3.05) is 26.9 Å². The van der Waals surface area contributed by atoms with Crippen molar-refractivity contribution in [3.8, 4) is 0 Å². The lowest BCUT2D eigenvalue weighted by Gasteiger charge is -2.23. The number of hydrogen-bond donors (Lipinski definition) is 1. The molecule has 3 heteroatoms. The predicted molar refractivity (Wildman–Crippen MR) is 61.9 cm³/mol. The van der Waals surface area contributed by atoms with E-state index in [1.807, 2.05) is 0 Å². The zero-order valence-electron chi connectivity index (χ0n) is 10.3. The van der Waals surface area contributed by atoms with Gasteiger partial charge < -0.3 is 15.2 Å². The van der Waals surface area contributed by atoms with Crippen molar-refractivity contribution < 1.29 is 9.47 Å². The highest BCUT2D eigenvalue weighted by Gasteiger charge is 2.41. The third kappa shape index (κ3) is 4.49. The van der Waals surface area contributed by atoms with Gasteiger partial charge in [0.1, 0.15) is 0 Å². The van der Waals surface area contributed by atoms with Crippen molar-refractivity contribution in [3.63, 3.8) is 0 Å². The van der Waals surface area contributed by atoms with E-state index < -0.39 is 0 Å². The second-order valence-corrected chi connectivity index (χ2v) is 5.31. The summed E-state index contributed by atoms with van der Waals surface area (Å²) in [5.74, 6) is 0. The summed E-state index contributed by atoms with van der Waals surface area (Å²) in [4.78, 5) is 0. The van der Waals surface area contributed by atoms with Gasteiger partial charge in [0.15, 0.2) is 0 Å². The zero-order chi connectivity index (χ0) is 11.4. The fourth-order valence-electron chi connectivity index (χ4n) is 1.66. The molecule has 1 aliphatic rings. The molecule has 0 radical (unpaired) electrons. The first kappa shape index (κ1) is 12.9. The highest BCUT2D eigenvalue weighted by Crippen LogP contribution is 2.48. The van der Waals surface area contributed by atoms with E-state index in [0.29, 0.717) is 5.41 Å². The van der Waals surface area contributed by atoms with Crippen LogP contribution in [0.3, 0.4) is 0 Å². The quantitative estimate of drug-likeness (QED) is 0.629. The highest BCUT2D eigenvalue weighted by molar-refractivity contribution is 4.92. The van der Waals surface area contributed by atoms with Crippen LogP contribution in [0.2, 0.25) is 0 Å². The highest BCUT2D eigenvalue weighted by atomic mass is 16.5. The Morgan fingerprint density at radius 2 is 2.00 bits per heavy atom. The Balaban J connectivity index is 2.07. The molecule has 0 spiro atoms. The first-order chi connectivity index (χ1) is 7.04. The van der Waals surface area contributed by atoms with Crippen LogP contribution in [0, 0.1) is 5.41 Å². The SMILES string of the molecule is COC(C)(C)CCOCC1(CCN)CC1. The van der Waals surface area contributed by atoms with Crippen LogP contribution >= 0.6 is 0 Å². The van der Waals surface area contributed by atoms with E-state index in [9.17, 15) is 0 Å². The Morgan fingerprint density at radius 1 is 1.33 bits per heavy atom. The molecule has 0 heterocycles. The van der Waals surface area contributed by atoms with Gasteiger partial charge in [-0.2, -0.15) is 0 Å². The van der Waals surface area contributed by atoms with Crippen molar-refractivity contribution in [3.05, 3.63) is 0 Å². The van der Waals surface area contributed by atoms with Crippen molar-refractivity contribution in [2.24, 2.45) is 11.1 Å². The summed E-state index contributed by atoms with van der Waals surface area (Å²) in [7, 11) is 1.75. The smallest absolute Gasteiger partial charge is 0.0644 e. The molecule has 0 bridgehead atoms. The van der Waals surface area contributed by atoms with Gasteiger partial charge in [0, 0.05) is 13.7 Å². The molecule has 0 aromatic heterocycles. The molecule has 3 nitrogen and oxygen atoms in total. The largest absolute Gasteiger partial charge is 0.381 e. The number of hydrogen-bond acceptors (Lipinski definition) is 3. The monoisotopic (exact) mass is 215 g/mol. The zero-order valence-corrected chi connectivity index (χ0v) is 10.3. The van der Waals surface area contributed by atoms with E-state index in [-0.39, 0.29) is 5.60 Å². The second-order valence-electron chi connectivity index (χ2n) is 5.31. The summed E-state index contributed by atoms with van der Waals surface area (Å²) in [6, 6.07) is 0. The summed E-state index contributed by atoms with van der Waals surface area (Å²) < 4.78 is 11.0. The summed E-state index contributed by atoms with van der Waals surface area (Å²) >= 11 is 0. The van der Waals surface area contributed by atoms with Gasteiger partial charge in [0.2, 0.25) is 0 Å². The van der Waals surface area contributed by atoms with Crippen LogP contribution < -0.4 is 5.73 Å². The number of ether oxygens (including phenoxy) is 2. The lowest BCUT2D eigenvalue weighted by molar-refractivity contribution is -0.0162. The van der Waals surface area contributed by atoms with Crippen LogP contribution in [0.25, 0.3) is 0 Å². The number of nitrogens with two attached hydrogens (primary N) is 1. The van der Waals surface area contributed by atoms with Gasteiger partial charge in [0.25, 0.3) is 0 Å². The molecule has 0 amide bonds. The summed E-state index contributed by atoms with van der Waals surface area (Å²) in [5, 5.41) is 0. The molecule has 0 aliphatic heterocycles. The molecule has 15 heavy (non-hydrogen) atoms. The third-order valence-corrected chi connectivity index (χ3v) is 3.44. The van der Waals surface area contributed by atoms with Crippen LogP contribution in [0.5, 0.6) is 0 Å². The van der Waals surface area contributed by atoms with Gasteiger partial charge in [-0.25, -0.2) is 0 Å². The average molecular weight is 215 g/mol. The molecular formula is C12H25NO2. The molecule has 1 fully saturated rings. The van der Waals surface area contributed by atoms with Gasteiger partial charge >= 0.3 is 0 Å². The van der Waals surface area contributed by atoms with E-state index in [2.05, 4.69) is 13.8 Å². The molecule has 0 aromatic rings. The summed E-state index contributed by atoms with van der Waals surface area (Å²) in [6.45, 7) is 6.62. The molecule has 0 unspecified atom stereocenters. The van der Waals surface area contributed by atoms with Crippen molar-refractivity contribution in [2.45, 2.75) is 45.1 Å². The molecular weight excluding hydrogens is 190 g/mol.